The van der Waals surface area contributed by atoms with E-state index in [-0.39, 0.29) is 5.69 Å². The summed E-state index contributed by atoms with van der Waals surface area (Å²) in [7, 11) is 1.32. The molecule has 0 unspecified atom stereocenters. The van der Waals surface area contributed by atoms with E-state index >= 15 is 0 Å². The Hall–Kier alpha value is -2.34. The number of nitrogen functional groups attached to an aromatic ring is 1. The van der Waals surface area contributed by atoms with Crippen LogP contribution in [0.15, 0.2) is 28.7 Å². The number of thiazole rings is 1. The van der Waals surface area contributed by atoms with Gasteiger partial charge in [0, 0.05) is 10.9 Å². The van der Waals surface area contributed by atoms with Crippen LogP contribution in [0.2, 0.25) is 0 Å². The molecule has 2 aromatic heterocycles. The number of hydrogen-bond donors (Lipinski definition) is 1. The average Bonchev–Trinajstić information content (AvgIpc) is 2.96. The molecule has 2 N–H and O–H groups in total. The van der Waals surface area contributed by atoms with Crippen LogP contribution < -0.4 is 5.73 Å². The third-order valence-electron chi connectivity index (χ3n) is 3.02. The fraction of sp³-hybridized carbons (Fsp3) is 0.143. The van der Waals surface area contributed by atoms with Gasteiger partial charge in [-0.05, 0) is 13.0 Å². The second-order valence-electron chi connectivity index (χ2n) is 4.25. The van der Waals surface area contributed by atoms with Crippen molar-refractivity contribution in [3.63, 3.8) is 0 Å². The first-order valence-corrected chi connectivity index (χ1v) is 6.76. The van der Waals surface area contributed by atoms with Crippen LogP contribution in [0.5, 0.6) is 0 Å². The van der Waals surface area contributed by atoms with E-state index in [4.69, 9.17) is 14.9 Å². The third-order valence-corrected chi connectivity index (χ3v) is 3.92. The van der Waals surface area contributed by atoms with Gasteiger partial charge in [-0.1, -0.05) is 29.5 Å². The Morgan fingerprint density at radius 1 is 1.40 bits per heavy atom. The van der Waals surface area contributed by atoms with Crippen LogP contribution >= 0.6 is 11.3 Å². The SMILES string of the molecule is COC(=O)c1nc(N)sc1-c1c(C)oc2ccccc12. The fourth-order valence-corrected chi connectivity index (χ4v) is 3.12. The van der Waals surface area contributed by atoms with Crippen LogP contribution in [0.4, 0.5) is 5.13 Å². The number of hydrogen-bond acceptors (Lipinski definition) is 6. The molecule has 0 amide bonds. The van der Waals surface area contributed by atoms with Crippen LogP contribution in [-0.2, 0) is 4.74 Å². The van der Waals surface area contributed by atoms with Crippen molar-refractivity contribution in [3.05, 3.63) is 35.7 Å². The highest BCUT2D eigenvalue weighted by atomic mass is 32.1. The summed E-state index contributed by atoms with van der Waals surface area (Å²) < 4.78 is 10.5. The molecule has 2 heterocycles. The van der Waals surface area contributed by atoms with Crippen LogP contribution in [-0.4, -0.2) is 18.1 Å². The number of rotatable bonds is 2. The summed E-state index contributed by atoms with van der Waals surface area (Å²) in [6, 6.07) is 7.65. The van der Waals surface area contributed by atoms with E-state index in [9.17, 15) is 4.79 Å². The predicted octanol–water partition coefficient (Wildman–Crippen LogP) is 3.23. The summed E-state index contributed by atoms with van der Waals surface area (Å²) in [5.74, 6) is 0.220. The van der Waals surface area contributed by atoms with Crippen LogP contribution in [0, 0.1) is 6.92 Å². The van der Waals surface area contributed by atoms with Gasteiger partial charge in [-0.2, -0.15) is 0 Å². The van der Waals surface area contributed by atoms with Gasteiger partial charge in [0.05, 0.1) is 12.0 Å². The maximum atomic E-state index is 11.8. The smallest absolute Gasteiger partial charge is 0.358 e. The molecule has 0 fully saturated rings. The highest BCUT2D eigenvalue weighted by Gasteiger charge is 2.24. The quantitative estimate of drug-likeness (QED) is 0.732. The number of aromatic nitrogens is 1. The molecule has 0 saturated carbocycles. The highest BCUT2D eigenvalue weighted by Crippen LogP contribution is 2.40. The van der Waals surface area contributed by atoms with Gasteiger partial charge in [0.1, 0.15) is 11.3 Å². The van der Waals surface area contributed by atoms with Crippen molar-refractivity contribution in [1.29, 1.82) is 0 Å². The van der Waals surface area contributed by atoms with Crippen molar-refractivity contribution in [2.24, 2.45) is 0 Å². The standard InChI is InChI=1S/C14H12N2O3S/c1-7-10(8-5-3-4-6-9(8)19-7)12-11(13(17)18-2)16-14(15)20-12/h3-6H,1-2H3,(H2,15,16). The minimum Gasteiger partial charge on any atom is -0.464 e. The van der Waals surface area contributed by atoms with E-state index in [1.807, 2.05) is 31.2 Å². The summed E-state index contributed by atoms with van der Waals surface area (Å²) in [5, 5.41) is 1.25. The fourth-order valence-electron chi connectivity index (χ4n) is 2.19. The maximum absolute atomic E-state index is 11.8. The zero-order valence-corrected chi connectivity index (χ0v) is 11.8. The number of anilines is 1. The zero-order chi connectivity index (χ0) is 14.3. The number of carbonyl (C=O) groups is 1. The van der Waals surface area contributed by atoms with Gasteiger partial charge in [0.15, 0.2) is 10.8 Å². The summed E-state index contributed by atoms with van der Waals surface area (Å²) in [6.07, 6.45) is 0. The van der Waals surface area contributed by atoms with Crippen LogP contribution in [0.1, 0.15) is 16.2 Å². The molecular weight excluding hydrogens is 276 g/mol. The predicted molar refractivity (Wildman–Crippen MR) is 77.8 cm³/mol. The molecule has 102 valence electrons. The molecule has 0 bridgehead atoms. The molecule has 0 aliphatic rings. The van der Waals surface area contributed by atoms with Crippen LogP contribution in [0.3, 0.4) is 0 Å². The molecule has 6 heteroatoms. The minimum absolute atomic E-state index is 0.227. The van der Waals surface area contributed by atoms with Gasteiger partial charge in [-0.15, -0.1) is 0 Å². The first-order valence-electron chi connectivity index (χ1n) is 5.95. The largest absolute Gasteiger partial charge is 0.464 e. The molecule has 20 heavy (non-hydrogen) atoms. The van der Waals surface area contributed by atoms with E-state index < -0.39 is 5.97 Å². The number of carbonyl (C=O) groups excluding carboxylic acids is 1. The third kappa shape index (κ3) is 1.85. The summed E-state index contributed by atoms with van der Waals surface area (Å²) in [5.41, 5.74) is 7.58. The Morgan fingerprint density at radius 2 is 2.15 bits per heavy atom. The van der Waals surface area contributed by atoms with Gasteiger partial charge in [0.25, 0.3) is 0 Å². The highest BCUT2D eigenvalue weighted by molar-refractivity contribution is 7.19. The number of ether oxygens (including phenoxy) is 1. The average molecular weight is 288 g/mol. The molecule has 0 saturated heterocycles. The zero-order valence-electron chi connectivity index (χ0n) is 11.0. The lowest BCUT2D eigenvalue weighted by Gasteiger charge is -2.00. The van der Waals surface area contributed by atoms with Gasteiger partial charge < -0.3 is 14.9 Å². The second-order valence-corrected chi connectivity index (χ2v) is 5.28. The summed E-state index contributed by atoms with van der Waals surface area (Å²) in [4.78, 5) is 16.6. The van der Waals surface area contributed by atoms with Gasteiger partial charge >= 0.3 is 5.97 Å². The Bertz CT molecular complexity index is 804. The number of para-hydroxylation sites is 1. The van der Waals surface area contributed by atoms with Crippen molar-refractivity contribution in [2.45, 2.75) is 6.92 Å². The van der Waals surface area contributed by atoms with Crippen molar-refractivity contribution in [3.8, 4) is 10.4 Å². The Morgan fingerprint density at radius 3 is 2.90 bits per heavy atom. The Labute approximate surface area is 119 Å². The number of methoxy groups -OCH3 is 1. The van der Waals surface area contributed by atoms with E-state index in [1.165, 1.54) is 18.4 Å². The monoisotopic (exact) mass is 288 g/mol. The van der Waals surface area contributed by atoms with Crippen molar-refractivity contribution < 1.29 is 13.9 Å². The maximum Gasteiger partial charge on any atom is 0.358 e. The first kappa shape index (κ1) is 12.7. The molecule has 0 radical (unpaired) electrons. The first-order chi connectivity index (χ1) is 9.61. The Kier molecular flexibility index (Phi) is 2.94. The number of benzene rings is 1. The lowest BCUT2D eigenvalue weighted by Crippen LogP contribution is -2.03. The number of fused-ring (bicyclic) bond motifs is 1. The number of nitrogens with two attached hydrogens (primary N) is 1. The van der Waals surface area contributed by atoms with E-state index in [0.29, 0.717) is 10.0 Å². The van der Waals surface area contributed by atoms with Crippen molar-refractivity contribution in [2.75, 3.05) is 12.8 Å². The minimum atomic E-state index is -0.502. The number of nitrogens with zero attached hydrogens (tertiary/aromatic N) is 1. The van der Waals surface area contributed by atoms with E-state index in [0.717, 1.165) is 22.3 Å². The van der Waals surface area contributed by atoms with Gasteiger partial charge in [-0.25, -0.2) is 9.78 Å². The number of aryl methyl sites for hydroxylation is 1. The molecular formula is C14H12N2O3S. The number of furan rings is 1. The summed E-state index contributed by atoms with van der Waals surface area (Å²) >= 11 is 1.25. The normalized spacial score (nSPS) is 10.9. The molecule has 3 aromatic rings. The second kappa shape index (κ2) is 4.64. The lowest BCUT2D eigenvalue weighted by molar-refractivity contribution is 0.0596. The molecule has 3 rings (SSSR count). The molecule has 0 aliphatic heterocycles. The molecule has 5 nitrogen and oxygen atoms in total. The van der Waals surface area contributed by atoms with Crippen LogP contribution in [0.25, 0.3) is 21.4 Å². The summed E-state index contributed by atoms with van der Waals surface area (Å²) in [6.45, 7) is 1.85. The lowest BCUT2D eigenvalue weighted by atomic mass is 10.1. The molecule has 1 aromatic carbocycles. The van der Waals surface area contributed by atoms with Crippen molar-refractivity contribution >= 4 is 33.4 Å². The Balaban J connectivity index is 2.31. The topological polar surface area (TPSA) is 78.3 Å². The molecule has 0 aliphatic carbocycles. The van der Waals surface area contributed by atoms with E-state index in [2.05, 4.69) is 4.98 Å². The molecule has 0 spiro atoms. The van der Waals surface area contributed by atoms with Crippen molar-refractivity contribution in [1.82, 2.24) is 4.98 Å². The van der Waals surface area contributed by atoms with Gasteiger partial charge in [-0.3, -0.25) is 0 Å². The van der Waals surface area contributed by atoms with E-state index in [1.54, 1.807) is 0 Å². The number of esters is 1. The van der Waals surface area contributed by atoms with Gasteiger partial charge in [0.2, 0.25) is 0 Å². The molecule has 0 atom stereocenters.